The van der Waals surface area contributed by atoms with E-state index in [1.54, 1.807) is 6.92 Å². The topological polar surface area (TPSA) is 96.1 Å². The van der Waals surface area contributed by atoms with Gasteiger partial charge in [-0.2, -0.15) is 9.41 Å². The Morgan fingerprint density at radius 2 is 1.96 bits per heavy atom. The number of hydrogen-bond donors (Lipinski definition) is 0. The van der Waals surface area contributed by atoms with E-state index < -0.39 is 10.0 Å². The Balaban J connectivity index is 1.73. The highest BCUT2D eigenvalue weighted by molar-refractivity contribution is 7.89. The fraction of sp³-hybridized carbons (Fsp3) is 0.353. The van der Waals surface area contributed by atoms with E-state index in [1.807, 2.05) is 30.3 Å². The highest BCUT2D eigenvalue weighted by Gasteiger charge is 2.31. The number of amides is 1. The predicted octanol–water partition coefficient (Wildman–Crippen LogP) is 1.55. The van der Waals surface area contributed by atoms with Crippen molar-refractivity contribution in [1.29, 1.82) is 0 Å². The van der Waals surface area contributed by atoms with Crippen LogP contribution in [0.25, 0.3) is 0 Å². The van der Waals surface area contributed by atoms with Crippen molar-refractivity contribution in [2.24, 2.45) is 5.10 Å². The van der Waals surface area contributed by atoms with Crippen molar-refractivity contribution in [3.05, 3.63) is 47.3 Å². The van der Waals surface area contributed by atoms with Crippen molar-refractivity contribution in [3.8, 4) is 0 Å². The molecule has 8 nitrogen and oxygen atoms in total. The quantitative estimate of drug-likeness (QED) is 0.789. The number of likely N-dealkylation sites (N-methyl/N-ethyl adjacent to an activating group) is 1. The molecule has 0 bridgehead atoms. The number of aromatic nitrogens is 1. The van der Waals surface area contributed by atoms with Crippen LogP contribution in [0.15, 0.2) is 44.9 Å². The number of benzene rings is 1. The van der Waals surface area contributed by atoms with Crippen molar-refractivity contribution < 1.29 is 17.7 Å². The molecule has 9 heteroatoms. The van der Waals surface area contributed by atoms with Crippen molar-refractivity contribution in [2.45, 2.75) is 25.2 Å². The van der Waals surface area contributed by atoms with Gasteiger partial charge in [0.1, 0.15) is 10.6 Å². The Morgan fingerprint density at radius 3 is 2.58 bits per heavy atom. The zero-order valence-corrected chi connectivity index (χ0v) is 15.7. The fourth-order valence-electron chi connectivity index (χ4n) is 2.83. The van der Waals surface area contributed by atoms with Crippen LogP contribution in [0.5, 0.6) is 0 Å². The molecule has 26 heavy (non-hydrogen) atoms. The second kappa shape index (κ2) is 7.00. The van der Waals surface area contributed by atoms with Crippen LogP contribution in [0.3, 0.4) is 0 Å². The first-order chi connectivity index (χ1) is 12.3. The maximum absolute atomic E-state index is 12.7. The molecule has 0 spiro atoms. The van der Waals surface area contributed by atoms with Crippen LogP contribution in [0.1, 0.15) is 23.4 Å². The van der Waals surface area contributed by atoms with Gasteiger partial charge in [0.25, 0.3) is 5.91 Å². The van der Waals surface area contributed by atoms with Crippen LogP contribution in [-0.4, -0.2) is 54.6 Å². The molecule has 1 amide bonds. The SMILES string of the molecule is Cc1noc(C)c1S(=O)(=O)N(C)CC(=O)N1CCC(c2ccccc2)=N1. The van der Waals surface area contributed by atoms with Gasteiger partial charge in [-0.15, -0.1) is 0 Å². The van der Waals surface area contributed by atoms with Crippen LogP contribution >= 0.6 is 0 Å². The van der Waals surface area contributed by atoms with Crippen LogP contribution in [0.4, 0.5) is 0 Å². The molecule has 1 aromatic carbocycles. The number of aryl methyl sites for hydroxylation is 2. The van der Waals surface area contributed by atoms with Crippen molar-refractivity contribution in [2.75, 3.05) is 20.1 Å². The van der Waals surface area contributed by atoms with E-state index in [0.717, 1.165) is 15.6 Å². The smallest absolute Gasteiger partial charge is 0.257 e. The van der Waals surface area contributed by atoms with Gasteiger partial charge < -0.3 is 4.52 Å². The van der Waals surface area contributed by atoms with Crippen LogP contribution in [0.2, 0.25) is 0 Å². The third-order valence-electron chi connectivity index (χ3n) is 4.19. The molecule has 0 aliphatic carbocycles. The van der Waals surface area contributed by atoms with E-state index in [0.29, 0.717) is 13.0 Å². The fourth-order valence-corrected chi connectivity index (χ4v) is 4.23. The maximum Gasteiger partial charge on any atom is 0.257 e. The molecule has 0 unspecified atom stereocenters. The van der Waals surface area contributed by atoms with E-state index in [9.17, 15) is 13.2 Å². The van der Waals surface area contributed by atoms with E-state index >= 15 is 0 Å². The third-order valence-corrected chi connectivity index (χ3v) is 6.24. The summed E-state index contributed by atoms with van der Waals surface area (Å²) in [5, 5.41) is 9.33. The van der Waals surface area contributed by atoms with Gasteiger partial charge >= 0.3 is 0 Å². The lowest BCUT2D eigenvalue weighted by molar-refractivity contribution is -0.130. The lowest BCUT2D eigenvalue weighted by Gasteiger charge is -2.19. The number of carbonyl (C=O) groups is 1. The third kappa shape index (κ3) is 3.40. The zero-order chi connectivity index (χ0) is 18.9. The number of hydrogen-bond acceptors (Lipinski definition) is 6. The summed E-state index contributed by atoms with van der Waals surface area (Å²) in [5.41, 5.74) is 2.04. The van der Waals surface area contributed by atoms with Gasteiger partial charge in [0.15, 0.2) is 5.76 Å². The highest BCUT2D eigenvalue weighted by Crippen LogP contribution is 2.22. The summed E-state index contributed by atoms with van der Waals surface area (Å²) in [6, 6.07) is 9.59. The van der Waals surface area contributed by atoms with Gasteiger partial charge in [-0.25, -0.2) is 13.4 Å². The molecule has 0 N–H and O–H groups in total. The Labute approximate surface area is 152 Å². The van der Waals surface area contributed by atoms with Crippen LogP contribution in [-0.2, 0) is 14.8 Å². The summed E-state index contributed by atoms with van der Waals surface area (Å²) in [7, 11) is -2.51. The van der Waals surface area contributed by atoms with Gasteiger partial charge in [0.05, 0.1) is 18.8 Å². The molecule has 1 aromatic heterocycles. The minimum atomic E-state index is -3.87. The molecular formula is C17H20N4O4S. The van der Waals surface area contributed by atoms with Crippen molar-refractivity contribution >= 4 is 21.6 Å². The van der Waals surface area contributed by atoms with Gasteiger partial charge in [-0.3, -0.25) is 4.79 Å². The summed E-state index contributed by atoms with van der Waals surface area (Å²) >= 11 is 0. The highest BCUT2D eigenvalue weighted by atomic mass is 32.2. The van der Waals surface area contributed by atoms with Crippen LogP contribution < -0.4 is 0 Å². The zero-order valence-electron chi connectivity index (χ0n) is 14.8. The first-order valence-corrected chi connectivity index (χ1v) is 9.57. The van der Waals surface area contributed by atoms with Crippen molar-refractivity contribution in [1.82, 2.24) is 14.5 Å². The molecule has 0 saturated carbocycles. The Bertz CT molecular complexity index is 931. The van der Waals surface area contributed by atoms with Gasteiger partial charge in [0.2, 0.25) is 10.0 Å². The number of rotatable bonds is 5. The summed E-state index contributed by atoms with van der Waals surface area (Å²) in [6.07, 6.45) is 0.635. The first kappa shape index (κ1) is 18.3. The van der Waals surface area contributed by atoms with Gasteiger partial charge in [-0.05, 0) is 19.4 Å². The molecule has 0 radical (unpaired) electrons. The molecule has 2 aromatic rings. The number of sulfonamides is 1. The van der Waals surface area contributed by atoms with E-state index in [1.165, 1.54) is 19.0 Å². The van der Waals surface area contributed by atoms with Gasteiger partial charge in [0, 0.05) is 13.5 Å². The van der Waals surface area contributed by atoms with Gasteiger partial charge in [-0.1, -0.05) is 35.5 Å². The lowest BCUT2D eigenvalue weighted by atomic mass is 10.1. The Morgan fingerprint density at radius 1 is 1.27 bits per heavy atom. The maximum atomic E-state index is 12.7. The molecule has 138 valence electrons. The molecule has 1 aliphatic heterocycles. The summed E-state index contributed by atoms with van der Waals surface area (Å²) in [4.78, 5) is 12.5. The first-order valence-electron chi connectivity index (χ1n) is 8.13. The average Bonchev–Trinajstić information content (AvgIpc) is 3.23. The van der Waals surface area contributed by atoms with E-state index in [2.05, 4.69) is 10.3 Å². The monoisotopic (exact) mass is 376 g/mol. The lowest BCUT2D eigenvalue weighted by Crippen LogP contribution is -2.38. The minimum Gasteiger partial charge on any atom is -0.360 e. The number of carbonyl (C=O) groups excluding carboxylic acids is 1. The summed E-state index contributed by atoms with van der Waals surface area (Å²) < 4.78 is 31.3. The summed E-state index contributed by atoms with van der Waals surface area (Å²) in [6.45, 7) is 3.20. The average molecular weight is 376 g/mol. The molecular weight excluding hydrogens is 356 g/mol. The Kier molecular flexibility index (Phi) is 4.92. The molecule has 0 fully saturated rings. The standard InChI is InChI=1S/C17H20N4O4S/c1-12-17(13(2)25-19-12)26(23,24)20(3)11-16(22)21-10-9-15(18-21)14-7-5-4-6-8-14/h4-8H,9-11H2,1-3H3. The molecule has 0 saturated heterocycles. The second-order valence-electron chi connectivity index (χ2n) is 6.09. The van der Waals surface area contributed by atoms with E-state index in [-0.39, 0.29) is 28.8 Å². The Hall–Kier alpha value is -2.52. The molecule has 2 heterocycles. The second-order valence-corrected chi connectivity index (χ2v) is 8.08. The van der Waals surface area contributed by atoms with Crippen molar-refractivity contribution in [3.63, 3.8) is 0 Å². The molecule has 1 aliphatic rings. The summed E-state index contributed by atoms with van der Waals surface area (Å²) in [5.74, 6) is -0.180. The van der Waals surface area contributed by atoms with E-state index in [4.69, 9.17) is 4.52 Å². The molecule has 3 rings (SSSR count). The molecule has 0 atom stereocenters. The normalized spacial score (nSPS) is 14.8. The largest absolute Gasteiger partial charge is 0.360 e. The predicted molar refractivity (Wildman–Crippen MR) is 95.1 cm³/mol. The van der Waals surface area contributed by atoms with Crippen LogP contribution in [0, 0.1) is 13.8 Å². The number of nitrogens with zero attached hydrogens (tertiary/aromatic N) is 4. The minimum absolute atomic E-state index is 0.00250. The number of hydrazone groups is 1.